The fraction of sp³-hybridized carbons (Fsp3) is 0.333. The standard InChI is InChI=1S/C33H36O8/c1-8-30(34)38-28-17-24(13-15-26(28)39-31(35)19(2)3)22-9-11-23(12-10-22)25-14-16-27(40-32(36)20(4)5)29(18-25)41-33(37)21(6)7/h13-18,22-23H,2,4,6,8-12H2,1,3,5,7H3. The van der Waals surface area contributed by atoms with Crippen LogP contribution in [0.2, 0.25) is 0 Å². The summed E-state index contributed by atoms with van der Waals surface area (Å²) < 4.78 is 21.7. The van der Waals surface area contributed by atoms with Gasteiger partial charge in [0, 0.05) is 23.1 Å². The molecule has 0 aromatic heterocycles. The van der Waals surface area contributed by atoms with Crippen molar-refractivity contribution >= 4 is 23.9 Å². The van der Waals surface area contributed by atoms with E-state index in [-0.39, 0.29) is 58.0 Å². The van der Waals surface area contributed by atoms with Crippen molar-refractivity contribution < 1.29 is 38.1 Å². The highest BCUT2D eigenvalue weighted by atomic mass is 16.6. The third-order valence-electron chi connectivity index (χ3n) is 6.77. The van der Waals surface area contributed by atoms with E-state index in [1.807, 2.05) is 12.1 Å². The molecule has 2 aromatic carbocycles. The average molecular weight is 561 g/mol. The van der Waals surface area contributed by atoms with Gasteiger partial charge in [-0.05, 0) is 93.7 Å². The maximum absolute atomic E-state index is 12.3. The van der Waals surface area contributed by atoms with Crippen LogP contribution in [0.4, 0.5) is 0 Å². The Balaban J connectivity index is 1.79. The smallest absolute Gasteiger partial charge is 0.338 e. The van der Waals surface area contributed by atoms with Crippen molar-refractivity contribution in [1.82, 2.24) is 0 Å². The Hall–Kier alpha value is -4.46. The Bertz CT molecular complexity index is 1390. The highest BCUT2D eigenvalue weighted by Crippen LogP contribution is 2.44. The zero-order valence-electron chi connectivity index (χ0n) is 24.0. The van der Waals surface area contributed by atoms with E-state index in [1.165, 1.54) is 6.92 Å². The van der Waals surface area contributed by atoms with Gasteiger partial charge in [0.15, 0.2) is 23.0 Å². The van der Waals surface area contributed by atoms with E-state index in [0.29, 0.717) is 0 Å². The Kier molecular flexibility index (Phi) is 10.4. The summed E-state index contributed by atoms with van der Waals surface area (Å²) in [7, 11) is 0. The summed E-state index contributed by atoms with van der Waals surface area (Å²) in [6.07, 6.45) is 3.58. The monoisotopic (exact) mass is 560 g/mol. The lowest BCUT2D eigenvalue weighted by atomic mass is 9.76. The molecule has 0 radical (unpaired) electrons. The van der Waals surface area contributed by atoms with Crippen LogP contribution in [0.25, 0.3) is 0 Å². The molecule has 0 spiro atoms. The predicted octanol–water partition coefficient (Wildman–Crippen LogP) is 6.89. The first-order chi connectivity index (χ1) is 19.4. The fourth-order valence-corrected chi connectivity index (χ4v) is 4.40. The van der Waals surface area contributed by atoms with E-state index < -0.39 is 23.9 Å². The number of benzene rings is 2. The Morgan fingerprint density at radius 2 is 0.951 bits per heavy atom. The first kappa shape index (κ1) is 31.1. The third kappa shape index (κ3) is 8.27. The van der Waals surface area contributed by atoms with Gasteiger partial charge >= 0.3 is 23.9 Å². The van der Waals surface area contributed by atoms with Gasteiger partial charge in [-0.1, -0.05) is 38.8 Å². The SMILES string of the molecule is C=C(C)C(=O)Oc1ccc(C2CCC(c3ccc(OC(=O)C(=C)C)c(OC(=O)C(=C)C)c3)CC2)cc1OC(=O)CC. The van der Waals surface area contributed by atoms with Crippen molar-refractivity contribution in [2.24, 2.45) is 0 Å². The summed E-state index contributed by atoms with van der Waals surface area (Å²) in [6.45, 7) is 17.1. The first-order valence-corrected chi connectivity index (χ1v) is 13.5. The van der Waals surface area contributed by atoms with Crippen LogP contribution in [0.15, 0.2) is 72.9 Å². The molecule has 1 saturated carbocycles. The second-order valence-electron chi connectivity index (χ2n) is 10.3. The lowest BCUT2D eigenvalue weighted by molar-refractivity contribution is -0.135. The molecule has 1 aliphatic carbocycles. The second kappa shape index (κ2) is 13.7. The van der Waals surface area contributed by atoms with Crippen molar-refractivity contribution in [1.29, 1.82) is 0 Å². The van der Waals surface area contributed by atoms with Crippen LogP contribution in [0.3, 0.4) is 0 Å². The molecule has 1 fully saturated rings. The molecule has 0 unspecified atom stereocenters. The molecule has 2 aromatic rings. The van der Waals surface area contributed by atoms with Crippen LogP contribution >= 0.6 is 0 Å². The molecule has 1 aliphatic rings. The molecule has 0 atom stereocenters. The normalized spacial score (nSPS) is 16.2. The number of carbonyl (C=O) groups is 4. The second-order valence-corrected chi connectivity index (χ2v) is 10.3. The maximum Gasteiger partial charge on any atom is 0.338 e. The highest BCUT2D eigenvalue weighted by Gasteiger charge is 2.27. The van der Waals surface area contributed by atoms with E-state index in [1.54, 1.807) is 45.0 Å². The van der Waals surface area contributed by atoms with Crippen LogP contribution in [-0.2, 0) is 19.2 Å². The summed E-state index contributed by atoms with van der Waals surface area (Å²) in [5.41, 5.74) is 2.62. The van der Waals surface area contributed by atoms with Gasteiger partial charge in [0.2, 0.25) is 0 Å². The largest absolute Gasteiger partial charge is 0.423 e. The quantitative estimate of drug-likeness (QED) is 0.176. The van der Waals surface area contributed by atoms with Gasteiger partial charge in [0.05, 0.1) is 0 Å². The molecule has 0 N–H and O–H groups in total. The molecule has 0 bridgehead atoms. The molecular formula is C33H36O8. The number of hydrogen-bond acceptors (Lipinski definition) is 8. The molecular weight excluding hydrogens is 524 g/mol. The Labute approximate surface area is 240 Å². The zero-order valence-corrected chi connectivity index (χ0v) is 24.0. The fourth-order valence-electron chi connectivity index (χ4n) is 4.40. The van der Waals surface area contributed by atoms with E-state index in [0.717, 1.165) is 36.8 Å². The van der Waals surface area contributed by atoms with Crippen molar-refractivity contribution in [2.75, 3.05) is 0 Å². The van der Waals surface area contributed by atoms with Crippen LogP contribution in [0.1, 0.15) is 82.8 Å². The number of ether oxygens (including phenoxy) is 4. The van der Waals surface area contributed by atoms with Crippen molar-refractivity contribution in [3.05, 3.63) is 84.0 Å². The molecule has 0 saturated heterocycles. The van der Waals surface area contributed by atoms with Gasteiger partial charge < -0.3 is 18.9 Å². The first-order valence-electron chi connectivity index (χ1n) is 13.5. The summed E-state index contributed by atoms with van der Waals surface area (Å²) in [4.78, 5) is 48.5. The van der Waals surface area contributed by atoms with E-state index in [2.05, 4.69) is 19.7 Å². The van der Waals surface area contributed by atoms with Crippen LogP contribution in [-0.4, -0.2) is 23.9 Å². The molecule has 8 nitrogen and oxygen atoms in total. The molecule has 8 heteroatoms. The molecule has 0 heterocycles. The minimum absolute atomic E-state index is 0.131. The van der Waals surface area contributed by atoms with Gasteiger partial charge in [-0.3, -0.25) is 4.79 Å². The number of esters is 4. The molecule has 216 valence electrons. The number of carbonyl (C=O) groups excluding carboxylic acids is 4. The van der Waals surface area contributed by atoms with Gasteiger partial charge in [-0.2, -0.15) is 0 Å². The van der Waals surface area contributed by atoms with Gasteiger partial charge in [-0.15, -0.1) is 0 Å². The van der Waals surface area contributed by atoms with Crippen molar-refractivity contribution in [3.8, 4) is 23.0 Å². The molecule has 0 amide bonds. The predicted molar refractivity (Wildman–Crippen MR) is 154 cm³/mol. The summed E-state index contributed by atoms with van der Waals surface area (Å²) in [5.74, 6) is -1.22. The maximum atomic E-state index is 12.3. The lowest BCUT2D eigenvalue weighted by Crippen LogP contribution is -2.15. The van der Waals surface area contributed by atoms with Crippen molar-refractivity contribution in [3.63, 3.8) is 0 Å². The molecule has 41 heavy (non-hydrogen) atoms. The Morgan fingerprint density at radius 1 is 0.610 bits per heavy atom. The number of hydrogen-bond donors (Lipinski definition) is 0. The minimum Gasteiger partial charge on any atom is -0.423 e. The van der Waals surface area contributed by atoms with E-state index in [4.69, 9.17) is 18.9 Å². The molecule has 3 rings (SSSR count). The summed E-state index contributed by atoms with van der Waals surface area (Å²) in [5, 5.41) is 0. The highest BCUT2D eigenvalue weighted by molar-refractivity contribution is 5.91. The van der Waals surface area contributed by atoms with E-state index in [9.17, 15) is 19.2 Å². The molecule has 0 aliphatic heterocycles. The van der Waals surface area contributed by atoms with Gasteiger partial charge in [0.1, 0.15) is 0 Å². The lowest BCUT2D eigenvalue weighted by Gasteiger charge is -2.29. The average Bonchev–Trinajstić information content (AvgIpc) is 2.94. The van der Waals surface area contributed by atoms with Crippen LogP contribution in [0, 0.1) is 0 Å². The van der Waals surface area contributed by atoms with Crippen LogP contribution in [0.5, 0.6) is 23.0 Å². The topological polar surface area (TPSA) is 105 Å². The summed E-state index contributed by atoms with van der Waals surface area (Å²) >= 11 is 0. The number of rotatable bonds is 10. The zero-order chi connectivity index (χ0) is 30.3. The summed E-state index contributed by atoms with van der Waals surface area (Å²) in [6, 6.07) is 10.5. The van der Waals surface area contributed by atoms with Crippen molar-refractivity contribution in [2.45, 2.75) is 71.6 Å². The van der Waals surface area contributed by atoms with Gasteiger partial charge in [-0.25, -0.2) is 14.4 Å². The third-order valence-corrected chi connectivity index (χ3v) is 6.77. The minimum atomic E-state index is -0.615. The van der Waals surface area contributed by atoms with E-state index >= 15 is 0 Å². The van der Waals surface area contributed by atoms with Crippen LogP contribution < -0.4 is 18.9 Å². The van der Waals surface area contributed by atoms with Gasteiger partial charge in [0.25, 0.3) is 0 Å². The Morgan fingerprint density at radius 3 is 1.29 bits per heavy atom.